The van der Waals surface area contributed by atoms with E-state index in [1.165, 1.54) is 0 Å². The molecule has 0 fully saturated rings. The van der Waals surface area contributed by atoms with Crippen LogP contribution in [-0.4, -0.2) is 21.8 Å². The number of thioether (sulfide) groups is 1. The number of nitrogens with zero attached hydrogens (tertiary/aromatic N) is 2. The largest absolute Gasteiger partial charge is 0.383 e. The van der Waals surface area contributed by atoms with Gasteiger partial charge in [-0.1, -0.05) is 23.4 Å². The molecule has 0 aliphatic heterocycles. The lowest BCUT2D eigenvalue weighted by Crippen LogP contribution is -2.06. The van der Waals surface area contributed by atoms with Crippen LogP contribution in [0.1, 0.15) is 24.2 Å². The molecular formula is C12H15N3O2S. The van der Waals surface area contributed by atoms with Crippen LogP contribution in [0.5, 0.6) is 0 Å². The Labute approximate surface area is 109 Å². The van der Waals surface area contributed by atoms with Crippen LogP contribution in [0, 0.1) is 0 Å². The van der Waals surface area contributed by atoms with Gasteiger partial charge in [-0.25, -0.2) is 0 Å². The van der Waals surface area contributed by atoms with Crippen LogP contribution < -0.4 is 5.73 Å². The molecule has 96 valence electrons. The van der Waals surface area contributed by atoms with Crippen molar-refractivity contribution in [2.75, 3.05) is 6.54 Å². The van der Waals surface area contributed by atoms with Gasteiger partial charge in [-0.15, -0.1) is 11.8 Å². The molecule has 0 saturated heterocycles. The summed E-state index contributed by atoms with van der Waals surface area (Å²) in [7, 11) is 0. The lowest BCUT2D eigenvalue weighted by molar-refractivity contribution is 0.127. The van der Waals surface area contributed by atoms with Gasteiger partial charge in [0.1, 0.15) is 6.10 Å². The van der Waals surface area contributed by atoms with Gasteiger partial charge in [0, 0.05) is 4.90 Å². The minimum Gasteiger partial charge on any atom is -0.383 e. The van der Waals surface area contributed by atoms with Crippen LogP contribution in [-0.2, 0) is 5.75 Å². The molecule has 2 aromatic rings. The van der Waals surface area contributed by atoms with Crippen LogP contribution in [0.15, 0.2) is 39.8 Å². The van der Waals surface area contributed by atoms with Gasteiger partial charge < -0.3 is 15.4 Å². The Bertz CT molecular complexity index is 475. The van der Waals surface area contributed by atoms with Crippen LogP contribution in [0.4, 0.5) is 0 Å². The Morgan fingerprint density at radius 2 is 2.11 bits per heavy atom. The first kappa shape index (κ1) is 13.1. The van der Waals surface area contributed by atoms with Crippen molar-refractivity contribution in [1.29, 1.82) is 0 Å². The van der Waals surface area contributed by atoms with E-state index in [0.717, 1.165) is 4.90 Å². The van der Waals surface area contributed by atoms with Crippen molar-refractivity contribution in [3.63, 3.8) is 0 Å². The summed E-state index contributed by atoms with van der Waals surface area (Å²) in [5, 5.41) is 13.5. The molecule has 3 N–H and O–H groups in total. The van der Waals surface area contributed by atoms with Gasteiger partial charge in [-0.2, -0.15) is 4.98 Å². The molecule has 1 aromatic carbocycles. The molecule has 5 nitrogen and oxygen atoms in total. The fraction of sp³-hybridized carbons (Fsp3) is 0.333. The van der Waals surface area contributed by atoms with E-state index in [1.807, 2.05) is 30.3 Å². The third-order valence-electron chi connectivity index (χ3n) is 2.32. The predicted molar refractivity (Wildman–Crippen MR) is 68.9 cm³/mol. The van der Waals surface area contributed by atoms with Gasteiger partial charge in [-0.3, -0.25) is 0 Å². The second-order valence-corrected chi connectivity index (χ2v) is 4.79. The van der Waals surface area contributed by atoms with E-state index in [4.69, 9.17) is 10.3 Å². The van der Waals surface area contributed by atoms with E-state index < -0.39 is 6.10 Å². The summed E-state index contributed by atoms with van der Waals surface area (Å²) in [6.07, 6.45) is -0.342. The zero-order valence-corrected chi connectivity index (χ0v) is 10.6. The smallest absolute Gasteiger partial charge is 0.255 e. The Morgan fingerprint density at radius 3 is 2.83 bits per heavy atom. The first-order valence-corrected chi connectivity index (χ1v) is 6.66. The molecule has 1 aromatic heterocycles. The Balaban J connectivity index is 1.91. The molecule has 0 amide bonds. The number of aliphatic hydroxyl groups excluding tert-OH is 1. The van der Waals surface area contributed by atoms with Crippen molar-refractivity contribution in [3.8, 4) is 0 Å². The minimum absolute atomic E-state index is 0.240. The molecule has 0 saturated carbocycles. The monoisotopic (exact) mass is 265 g/mol. The van der Waals surface area contributed by atoms with E-state index >= 15 is 0 Å². The average molecular weight is 265 g/mol. The van der Waals surface area contributed by atoms with E-state index in [-0.39, 0.29) is 5.89 Å². The number of benzene rings is 1. The fourth-order valence-corrected chi connectivity index (χ4v) is 2.17. The molecule has 6 heteroatoms. The molecule has 18 heavy (non-hydrogen) atoms. The normalized spacial score (nSPS) is 12.6. The second-order valence-electron chi connectivity index (χ2n) is 3.74. The van der Waals surface area contributed by atoms with E-state index in [2.05, 4.69) is 10.1 Å². The molecule has 2 rings (SSSR count). The molecule has 1 heterocycles. The standard InChI is InChI=1S/C12H15N3O2S/c13-7-6-10(16)12-14-11(15-17-12)8-18-9-4-2-1-3-5-9/h1-5,10,16H,6-8,13H2. The summed E-state index contributed by atoms with van der Waals surface area (Å²) in [5.74, 6) is 1.43. The van der Waals surface area contributed by atoms with E-state index in [9.17, 15) is 5.11 Å². The van der Waals surface area contributed by atoms with Gasteiger partial charge in [0.05, 0.1) is 5.75 Å². The SMILES string of the molecule is NCCC(O)c1nc(CSc2ccccc2)no1. The highest BCUT2D eigenvalue weighted by atomic mass is 32.2. The summed E-state index contributed by atoms with van der Waals surface area (Å²) in [5.41, 5.74) is 5.35. The van der Waals surface area contributed by atoms with Crippen LogP contribution >= 0.6 is 11.8 Å². The number of aromatic nitrogens is 2. The zero-order chi connectivity index (χ0) is 12.8. The van der Waals surface area contributed by atoms with Gasteiger partial charge in [0.2, 0.25) is 0 Å². The number of rotatable bonds is 6. The molecule has 1 atom stereocenters. The highest BCUT2D eigenvalue weighted by Crippen LogP contribution is 2.22. The van der Waals surface area contributed by atoms with Crippen LogP contribution in [0.25, 0.3) is 0 Å². The fourth-order valence-electron chi connectivity index (χ4n) is 1.41. The average Bonchev–Trinajstić information content (AvgIpc) is 2.87. The Morgan fingerprint density at radius 1 is 1.33 bits per heavy atom. The molecule has 0 aliphatic carbocycles. The summed E-state index contributed by atoms with van der Waals surface area (Å²) in [6, 6.07) is 9.98. The van der Waals surface area contributed by atoms with Crippen LogP contribution in [0.3, 0.4) is 0 Å². The highest BCUT2D eigenvalue weighted by Gasteiger charge is 2.15. The van der Waals surface area contributed by atoms with Crippen LogP contribution in [0.2, 0.25) is 0 Å². The lowest BCUT2D eigenvalue weighted by Gasteiger charge is -2.01. The van der Waals surface area contributed by atoms with Gasteiger partial charge in [0.15, 0.2) is 5.82 Å². The number of nitrogens with two attached hydrogens (primary N) is 1. The maximum absolute atomic E-state index is 9.64. The minimum atomic E-state index is -0.766. The summed E-state index contributed by atoms with van der Waals surface area (Å²) >= 11 is 1.62. The maximum Gasteiger partial charge on any atom is 0.255 e. The zero-order valence-electron chi connectivity index (χ0n) is 9.82. The van der Waals surface area contributed by atoms with E-state index in [1.54, 1.807) is 11.8 Å². The third-order valence-corrected chi connectivity index (χ3v) is 3.33. The van der Waals surface area contributed by atoms with Crippen molar-refractivity contribution in [2.24, 2.45) is 5.73 Å². The van der Waals surface area contributed by atoms with Gasteiger partial charge in [0.25, 0.3) is 5.89 Å². The molecule has 0 aliphatic rings. The van der Waals surface area contributed by atoms with Crippen molar-refractivity contribution >= 4 is 11.8 Å². The van der Waals surface area contributed by atoms with E-state index in [0.29, 0.717) is 24.5 Å². The number of aliphatic hydroxyl groups is 1. The molecule has 0 bridgehead atoms. The first-order chi connectivity index (χ1) is 8.79. The van der Waals surface area contributed by atoms with Crippen molar-refractivity contribution in [1.82, 2.24) is 10.1 Å². The molecular weight excluding hydrogens is 250 g/mol. The molecule has 1 unspecified atom stereocenters. The molecule has 0 radical (unpaired) electrons. The van der Waals surface area contributed by atoms with Crippen molar-refractivity contribution < 1.29 is 9.63 Å². The Kier molecular flexibility index (Phi) is 4.74. The summed E-state index contributed by atoms with van der Waals surface area (Å²) < 4.78 is 4.99. The topological polar surface area (TPSA) is 85.2 Å². The second kappa shape index (κ2) is 6.53. The number of hydrogen-bond acceptors (Lipinski definition) is 6. The quantitative estimate of drug-likeness (QED) is 0.774. The van der Waals surface area contributed by atoms with Crippen molar-refractivity contribution in [2.45, 2.75) is 23.2 Å². The predicted octanol–water partition coefficient (Wildman–Crippen LogP) is 1.74. The molecule has 0 spiro atoms. The van der Waals surface area contributed by atoms with Gasteiger partial charge >= 0.3 is 0 Å². The summed E-state index contributed by atoms with van der Waals surface area (Å²) in [6.45, 7) is 0.387. The maximum atomic E-state index is 9.64. The van der Waals surface area contributed by atoms with Crippen molar-refractivity contribution in [3.05, 3.63) is 42.0 Å². The Hall–Kier alpha value is -1.37. The lowest BCUT2D eigenvalue weighted by atomic mass is 10.2. The first-order valence-electron chi connectivity index (χ1n) is 5.68. The van der Waals surface area contributed by atoms with Gasteiger partial charge in [-0.05, 0) is 25.1 Å². The third kappa shape index (κ3) is 3.56. The summed E-state index contributed by atoms with van der Waals surface area (Å²) in [4.78, 5) is 5.28. The highest BCUT2D eigenvalue weighted by molar-refractivity contribution is 7.98. The number of hydrogen-bond donors (Lipinski definition) is 2.